The second kappa shape index (κ2) is 7.81. The molecule has 2 aromatic carbocycles. The molecule has 2 atom stereocenters. The topological polar surface area (TPSA) is 72.5 Å². The lowest BCUT2D eigenvalue weighted by Crippen LogP contribution is -2.60. The van der Waals surface area contributed by atoms with E-state index in [0.717, 1.165) is 16.8 Å². The third kappa shape index (κ3) is 3.69. The molecule has 2 N–H and O–H groups in total. The number of nitrogens with one attached hydrogen (secondary N) is 1. The Hall–Kier alpha value is -2.96. The van der Waals surface area contributed by atoms with Gasteiger partial charge in [-0.05, 0) is 49.8 Å². The molecule has 6 nitrogen and oxygen atoms in total. The maximum absolute atomic E-state index is 13.1. The molecule has 0 radical (unpaired) electrons. The van der Waals surface area contributed by atoms with Crippen molar-refractivity contribution < 1.29 is 9.90 Å². The van der Waals surface area contributed by atoms with Crippen LogP contribution >= 0.6 is 0 Å². The van der Waals surface area contributed by atoms with Crippen LogP contribution in [0.4, 0.5) is 0 Å². The Morgan fingerprint density at radius 2 is 1.86 bits per heavy atom. The number of rotatable bonds is 4. The van der Waals surface area contributed by atoms with Gasteiger partial charge in [0, 0.05) is 24.8 Å². The van der Waals surface area contributed by atoms with Crippen LogP contribution in [0, 0.1) is 0 Å². The summed E-state index contributed by atoms with van der Waals surface area (Å²) in [6.45, 7) is 0.983. The molecular formula is C23H26N4O2. The number of benzene rings is 2. The van der Waals surface area contributed by atoms with Crippen LogP contribution in [-0.2, 0) is 5.60 Å². The van der Waals surface area contributed by atoms with Crippen molar-refractivity contribution >= 4 is 5.91 Å². The second-order valence-corrected chi connectivity index (χ2v) is 7.82. The SMILES string of the molecule is CN(C)[C@@H]1CN(C(=O)c2ccc(-c3ccn[nH]3)cc2)CC[C@]1(O)c1ccccc1. The van der Waals surface area contributed by atoms with Crippen LogP contribution in [0.3, 0.4) is 0 Å². The minimum Gasteiger partial charge on any atom is -0.383 e. The van der Waals surface area contributed by atoms with Gasteiger partial charge in [-0.25, -0.2) is 0 Å². The van der Waals surface area contributed by atoms with Gasteiger partial charge in [-0.2, -0.15) is 5.10 Å². The Balaban J connectivity index is 1.54. The van der Waals surface area contributed by atoms with Crippen LogP contribution < -0.4 is 0 Å². The zero-order valence-electron chi connectivity index (χ0n) is 16.7. The number of carbonyl (C=O) groups is 1. The largest absolute Gasteiger partial charge is 0.383 e. The summed E-state index contributed by atoms with van der Waals surface area (Å²) in [5.41, 5.74) is 2.47. The number of aromatic nitrogens is 2. The Labute approximate surface area is 170 Å². The average molecular weight is 390 g/mol. The maximum atomic E-state index is 13.1. The van der Waals surface area contributed by atoms with E-state index in [9.17, 15) is 9.90 Å². The molecule has 29 heavy (non-hydrogen) atoms. The Morgan fingerprint density at radius 1 is 1.14 bits per heavy atom. The van der Waals surface area contributed by atoms with Crippen LogP contribution in [0.5, 0.6) is 0 Å². The summed E-state index contributed by atoms with van der Waals surface area (Å²) in [5, 5.41) is 18.4. The van der Waals surface area contributed by atoms with Crippen molar-refractivity contribution in [3.63, 3.8) is 0 Å². The summed E-state index contributed by atoms with van der Waals surface area (Å²) in [5.74, 6) is -0.0110. The van der Waals surface area contributed by atoms with E-state index >= 15 is 0 Å². The number of hydrogen-bond donors (Lipinski definition) is 2. The van der Waals surface area contributed by atoms with Gasteiger partial charge in [0.25, 0.3) is 5.91 Å². The molecule has 4 rings (SSSR count). The van der Waals surface area contributed by atoms with Crippen LogP contribution in [0.1, 0.15) is 22.3 Å². The van der Waals surface area contributed by atoms with Gasteiger partial charge in [-0.1, -0.05) is 42.5 Å². The summed E-state index contributed by atoms with van der Waals surface area (Å²) in [4.78, 5) is 17.0. The first-order valence-corrected chi connectivity index (χ1v) is 9.82. The lowest BCUT2D eigenvalue weighted by Gasteiger charge is -2.47. The van der Waals surface area contributed by atoms with Crippen LogP contribution in [-0.4, -0.2) is 64.2 Å². The first-order valence-electron chi connectivity index (χ1n) is 9.82. The highest BCUT2D eigenvalue weighted by molar-refractivity contribution is 5.94. The smallest absolute Gasteiger partial charge is 0.253 e. The highest BCUT2D eigenvalue weighted by atomic mass is 16.3. The van der Waals surface area contributed by atoms with E-state index in [-0.39, 0.29) is 11.9 Å². The summed E-state index contributed by atoms with van der Waals surface area (Å²) in [6.07, 6.45) is 2.20. The van der Waals surface area contributed by atoms with Crippen molar-refractivity contribution in [1.82, 2.24) is 20.0 Å². The molecule has 6 heteroatoms. The molecule has 2 heterocycles. The summed E-state index contributed by atoms with van der Waals surface area (Å²) >= 11 is 0. The number of amides is 1. The number of nitrogens with zero attached hydrogens (tertiary/aromatic N) is 3. The van der Waals surface area contributed by atoms with E-state index in [2.05, 4.69) is 10.2 Å². The van der Waals surface area contributed by atoms with Crippen LogP contribution in [0.15, 0.2) is 66.9 Å². The maximum Gasteiger partial charge on any atom is 0.253 e. The molecule has 150 valence electrons. The van der Waals surface area contributed by atoms with Crippen molar-refractivity contribution in [3.05, 3.63) is 78.0 Å². The van der Waals surface area contributed by atoms with E-state index in [1.165, 1.54) is 0 Å². The molecule has 1 aliphatic heterocycles. The number of aliphatic hydroxyl groups is 1. The summed E-state index contributed by atoms with van der Waals surface area (Å²) in [6, 6.07) is 19.0. The first kappa shape index (κ1) is 19.4. The highest BCUT2D eigenvalue weighted by Crippen LogP contribution is 2.35. The van der Waals surface area contributed by atoms with Crippen LogP contribution in [0.25, 0.3) is 11.3 Å². The Bertz CT molecular complexity index is 954. The molecule has 0 aliphatic carbocycles. The zero-order chi connectivity index (χ0) is 20.4. The number of aromatic amines is 1. The molecule has 0 saturated carbocycles. The fraction of sp³-hybridized carbons (Fsp3) is 0.304. The van der Waals surface area contributed by atoms with Gasteiger partial charge >= 0.3 is 0 Å². The van der Waals surface area contributed by atoms with Gasteiger partial charge < -0.3 is 14.9 Å². The van der Waals surface area contributed by atoms with E-state index < -0.39 is 5.60 Å². The molecule has 0 unspecified atom stereocenters. The molecule has 1 aromatic heterocycles. The average Bonchev–Trinajstić information content (AvgIpc) is 3.29. The van der Waals surface area contributed by atoms with Gasteiger partial charge in [0.1, 0.15) is 5.60 Å². The second-order valence-electron chi connectivity index (χ2n) is 7.82. The van der Waals surface area contributed by atoms with Gasteiger partial charge in [0.2, 0.25) is 0 Å². The van der Waals surface area contributed by atoms with Gasteiger partial charge in [-0.15, -0.1) is 0 Å². The number of piperidine rings is 1. The fourth-order valence-corrected chi connectivity index (χ4v) is 4.15. The molecule has 0 bridgehead atoms. The normalized spacial score (nSPS) is 22.1. The Morgan fingerprint density at radius 3 is 2.48 bits per heavy atom. The zero-order valence-corrected chi connectivity index (χ0v) is 16.7. The monoisotopic (exact) mass is 390 g/mol. The van der Waals surface area contributed by atoms with Crippen molar-refractivity contribution in [2.75, 3.05) is 27.2 Å². The van der Waals surface area contributed by atoms with E-state index in [1.807, 2.05) is 84.6 Å². The minimum atomic E-state index is -0.980. The number of H-pyrrole nitrogens is 1. The van der Waals surface area contributed by atoms with Gasteiger partial charge in [0.15, 0.2) is 0 Å². The van der Waals surface area contributed by atoms with E-state index in [1.54, 1.807) is 6.20 Å². The molecule has 1 saturated heterocycles. The standard InChI is InChI=1S/C23H26N4O2/c1-26(2)21-16-27(15-13-23(21,29)19-6-4-3-5-7-19)22(28)18-10-8-17(9-11-18)20-12-14-24-25-20/h3-12,14,21,29H,13,15-16H2,1-2H3,(H,24,25)/t21-,23+/m1/s1. The van der Waals surface area contributed by atoms with Crippen LogP contribution in [0.2, 0.25) is 0 Å². The van der Waals surface area contributed by atoms with E-state index in [0.29, 0.717) is 25.1 Å². The van der Waals surface area contributed by atoms with Crippen molar-refractivity contribution in [2.45, 2.75) is 18.1 Å². The predicted molar refractivity (Wildman–Crippen MR) is 112 cm³/mol. The highest BCUT2D eigenvalue weighted by Gasteiger charge is 2.45. The molecule has 1 aliphatic rings. The molecule has 0 spiro atoms. The van der Waals surface area contributed by atoms with Crippen molar-refractivity contribution in [3.8, 4) is 11.3 Å². The first-order chi connectivity index (χ1) is 14.0. The van der Waals surface area contributed by atoms with Crippen molar-refractivity contribution in [2.24, 2.45) is 0 Å². The fourth-order valence-electron chi connectivity index (χ4n) is 4.15. The number of carbonyl (C=O) groups excluding carboxylic acids is 1. The summed E-state index contributed by atoms with van der Waals surface area (Å²) < 4.78 is 0. The third-order valence-corrected chi connectivity index (χ3v) is 5.84. The molecule has 1 amide bonds. The molecular weight excluding hydrogens is 364 g/mol. The van der Waals surface area contributed by atoms with Crippen molar-refractivity contribution in [1.29, 1.82) is 0 Å². The lowest BCUT2D eigenvalue weighted by molar-refractivity contribution is -0.0810. The molecule has 3 aromatic rings. The number of hydrogen-bond acceptors (Lipinski definition) is 4. The molecule has 1 fully saturated rings. The van der Waals surface area contributed by atoms with Gasteiger partial charge in [0.05, 0.1) is 11.7 Å². The van der Waals surface area contributed by atoms with Gasteiger partial charge in [-0.3, -0.25) is 9.89 Å². The number of likely N-dealkylation sites (tertiary alicyclic amines) is 1. The lowest BCUT2D eigenvalue weighted by atomic mass is 9.79. The minimum absolute atomic E-state index is 0.0110. The summed E-state index contributed by atoms with van der Waals surface area (Å²) in [7, 11) is 3.90. The number of likely N-dealkylation sites (N-methyl/N-ethyl adjacent to an activating group) is 1. The van der Waals surface area contributed by atoms with E-state index in [4.69, 9.17) is 0 Å². The quantitative estimate of drug-likeness (QED) is 0.719. The predicted octanol–water partition coefficient (Wildman–Crippen LogP) is 2.74. The third-order valence-electron chi connectivity index (χ3n) is 5.84. The Kier molecular flexibility index (Phi) is 5.22.